The SMILES string of the molecule is O=C1CCCC/C1=C/Nc1ccc2[nH]ncc2c1. The van der Waals surface area contributed by atoms with Gasteiger partial charge in [-0.2, -0.15) is 5.10 Å². The highest BCUT2D eigenvalue weighted by Gasteiger charge is 2.14. The predicted octanol–water partition coefficient (Wildman–Crippen LogP) is 3.00. The van der Waals surface area contributed by atoms with E-state index in [9.17, 15) is 4.79 Å². The van der Waals surface area contributed by atoms with Crippen molar-refractivity contribution in [3.63, 3.8) is 0 Å². The maximum atomic E-state index is 11.7. The monoisotopic (exact) mass is 241 g/mol. The fraction of sp³-hybridized carbons (Fsp3) is 0.286. The molecule has 4 heteroatoms. The van der Waals surface area contributed by atoms with Crippen LogP contribution in [0.2, 0.25) is 0 Å². The molecular weight excluding hydrogens is 226 g/mol. The first kappa shape index (κ1) is 11.0. The van der Waals surface area contributed by atoms with Crippen LogP contribution in [0.25, 0.3) is 10.9 Å². The molecule has 0 radical (unpaired) electrons. The summed E-state index contributed by atoms with van der Waals surface area (Å²) in [5.41, 5.74) is 2.91. The van der Waals surface area contributed by atoms with Crippen molar-refractivity contribution in [3.8, 4) is 0 Å². The molecule has 1 saturated carbocycles. The van der Waals surface area contributed by atoms with Gasteiger partial charge < -0.3 is 5.32 Å². The second kappa shape index (κ2) is 4.64. The summed E-state index contributed by atoms with van der Waals surface area (Å²) in [4.78, 5) is 11.7. The van der Waals surface area contributed by atoms with Crippen LogP contribution in [-0.4, -0.2) is 16.0 Å². The number of carbonyl (C=O) groups excluding carboxylic acids is 1. The van der Waals surface area contributed by atoms with Gasteiger partial charge >= 0.3 is 0 Å². The quantitative estimate of drug-likeness (QED) is 0.795. The zero-order valence-electron chi connectivity index (χ0n) is 10.1. The minimum absolute atomic E-state index is 0.276. The number of ketones is 1. The first-order valence-electron chi connectivity index (χ1n) is 6.25. The number of anilines is 1. The zero-order valence-corrected chi connectivity index (χ0v) is 10.1. The van der Waals surface area contributed by atoms with Crippen LogP contribution in [0.5, 0.6) is 0 Å². The van der Waals surface area contributed by atoms with Crippen molar-refractivity contribution in [2.24, 2.45) is 0 Å². The van der Waals surface area contributed by atoms with E-state index in [0.717, 1.165) is 41.4 Å². The van der Waals surface area contributed by atoms with Crippen molar-refractivity contribution in [1.82, 2.24) is 10.2 Å². The highest BCUT2D eigenvalue weighted by Crippen LogP contribution is 2.21. The molecule has 0 amide bonds. The highest BCUT2D eigenvalue weighted by molar-refractivity contribution is 5.96. The van der Waals surface area contributed by atoms with Gasteiger partial charge in [-0.3, -0.25) is 9.89 Å². The number of Topliss-reactive ketones (excluding diaryl/α,β-unsaturated/α-hetero) is 1. The van der Waals surface area contributed by atoms with Crippen molar-refractivity contribution >= 4 is 22.4 Å². The summed E-state index contributed by atoms with van der Waals surface area (Å²) in [5, 5.41) is 11.2. The summed E-state index contributed by atoms with van der Waals surface area (Å²) in [6.45, 7) is 0. The van der Waals surface area contributed by atoms with E-state index in [1.807, 2.05) is 24.4 Å². The number of allylic oxidation sites excluding steroid dienone is 1. The second-order valence-electron chi connectivity index (χ2n) is 4.62. The predicted molar refractivity (Wildman–Crippen MR) is 71.3 cm³/mol. The lowest BCUT2D eigenvalue weighted by Gasteiger charge is -2.12. The number of carbonyl (C=O) groups is 1. The number of H-pyrrole nitrogens is 1. The highest BCUT2D eigenvalue weighted by atomic mass is 16.1. The van der Waals surface area contributed by atoms with E-state index in [4.69, 9.17) is 0 Å². The third-order valence-corrected chi connectivity index (χ3v) is 3.31. The molecule has 0 aliphatic heterocycles. The Kier molecular flexibility index (Phi) is 2.84. The largest absolute Gasteiger partial charge is 0.361 e. The minimum Gasteiger partial charge on any atom is -0.361 e. The Morgan fingerprint density at radius 2 is 2.17 bits per heavy atom. The molecule has 4 nitrogen and oxygen atoms in total. The molecule has 0 bridgehead atoms. The summed E-state index contributed by atoms with van der Waals surface area (Å²) in [6.07, 6.45) is 7.35. The van der Waals surface area contributed by atoms with E-state index in [1.54, 1.807) is 6.20 Å². The molecule has 18 heavy (non-hydrogen) atoms. The van der Waals surface area contributed by atoms with Gasteiger partial charge in [-0.25, -0.2) is 0 Å². The van der Waals surface area contributed by atoms with Gasteiger partial charge in [0.1, 0.15) is 0 Å². The Balaban J connectivity index is 1.79. The number of nitrogens with one attached hydrogen (secondary N) is 2. The van der Waals surface area contributed by atoms with Gasteiger partial charge in [0.15, 0.2) is 5.78 Å². The lowest BCUT2D eigenvalue weighted by atomic mass is 9.94. The Bertz CT molecular complexity index is 612. The van der Waals surface area contributed by atoms with Crippen LogP contribution in [-0.2, 0) is 4.79 Å². The van der Waals surface area contributed by atoms with Crippen LogP contribution in [0.4, 0.5) is 5.69 Å². The average molecular weight is 241 g/mol. The number of benzene rings is 1. The van der Waals surface area contributed by atoms with E-state index in [2.05, 4.69) is 15.5 Å². The summed E-state index contributed by atoms with van der Waals surface area (Å²) < 4.78 is 0. The normalized spacial score (nSPS) is 18.4. The van der Waals surface area contributed by atoms with Crippen LogP contribution in [0, 0.1) is 0 Å². The van der Waals surface area contributed by atoms with Crippen LogP contribution in [0.1, 0.15) is 25.7 Å². The molecule has 0 spiro atoms. The van der Waals surface area contributed by atoms with Gasteiger partial charge in [-0.1, -0.05) is 0 Å². The molecule has 1 heterocycles. The molecular formula is C14H15N3O. The maximum absolute atomic E-state index is 11.7. The van der Waals surface area contributed by atoms with Gasteiger partial charge in [0.2, 0.25) is 0 Å². The molecule has 1 fully saturated rings. The summed E-state index contributed by atoms with van der Waals surface area (Å²) in [6, 6.07) is 5.97. The molecule has 92 valence electrons. The molecule has 3 rings (SSSR count). The third kappa shape index (κ3) is 2.14. The minimum atomic E-state index is 0.276. The number of hydrogen-bond donors (Lipinski definition) is 2. The Labute approximate surface area is 105 Å². The fourth-order valence-corrected chi connectivity index (χ4v) is 2.26. The van der Waals surface area contributed by atoms with Crippen LogP contribution in [0.15, 0.2) is 36.2 Å². The number of hydrogen-bond acceptors (Lipinski definition) is 3. The molecule has 2 aromatic rings. The fourth-order valence-electron chi connectivity index (χ4n) is 2.26. The van der Waals surface area contributed by atoms with Crippen LogP contribution < -0.4 is 5.32 Å². The van der Waals surface area contributed by atoms with Gasteiger partial charge in [-0.15, -0.1) is 0 Å². The van der Waals surface area contributed by atoms with Crippen molar-refractivity contribution < 1.29 is 4.79 Å². The maximum Gasteiger partial charge on any atom is 0.160 e. The number of rotatable bonds is 2. The first-order valence-corrected chi connectivity index (χ1v) is 6.25. The standard InChI is InChI=1S/C14H15N3O/c18-14-4-2-1-3-10(14)8-15-12-5-6-13-11(7-12)9-16-17-13/h5-9,15H,1-4H2,(H,16,17)/b10-8-. The first-order chi connectivity index (χ1) is 8.83. The van der Waals surface area contributed by atoms with E-state index in [0.29, 0.717) is 6.42 Å². The van der Waals surface area contributed by atoms with E-state index in [-0.39, 0.29) is 5.78 Å². The van der Waals surface area contributed by atoms with Gasteiger partial charge in [0.25, 0.3) is 0 Å². The van der Waals surface area contributed by atoms with E-state index in [1.165, 1.54) is 0 Å². The zero-order chi connectivity index (χ0) is 12.4. The smallest absolute Gasteiger partial charge is 0.160 e. The molecule has 0 unspecified atom stereocenters. The number of fused-ring (bicyclic) bond motifs is 1. The van der Waals surface area contributed by atoms with E-state index >= 15 is 0 Å². The van der Waals surface area contributed by atoms with Crippen molar-refractivity contribution in [2.75, 3.05) is 5.32 Å². The number of aromatic nitrogens is 2. The van der Waals surface area contributed by atoms with Crippen molar-refractivity contribution in [2.45, 2.75) is 25.7 Å². The topological polar surface area (TPSA) is 57.8 Å². The van der Waals surface area contributed by atoms with Gasteiger partial charge in [0.05, 0.1) is 11.7 Å². The molecule has 0 saturated heterocycles. The van der Waals surface area contributed by atoms with Gasteiger partial charge in [0, 0.05) is 29.3 Å². The van der Waals surface area contributed by atoms with Crippen molar-refractivity contribution in [3.05, 3.63) is 36.2 Å². The van der Waals surface area contributed by atoms with E-state index < -0.39 is 0 Å². The molecule has 1 aromatic heterocycles. The Hall–Kier alpha value is -2.10. The van der Waals surface area contributed by atoms with Gasteiger partial charge in [-0.05, 0) is 37.5 Å². The molecule has 1 aromatic carbocycles. The summed E-state index contributed by atoms with van der Waals surface area (Å²) >= 11 is 0. The van der Waals surface area contributed by atoms with Crippen LogP contribution >= 0.6 is 0 Å². The molecule has 0 atom stereocenters. The third-order valence-electron chi connectivity index (χ3n) is 3.31. The van der Waals surface area contributed by atoms with Crippen LogP contribution in [0.3, 0.4) is 0 Å². The molecule has 1 aliphatic carbocycles. The molecule has 1 aliphatic rings. The average Bonchev–Trinajstić information content (AvgIpc) is 2.85. The second-order valence-corrected chi connectivity index (χ2v) is 4.62. The number of nitrogens with zero attached hydrogens (tertiary/aromatic N) is 1. The number of aromatic amines is 1. The summed E-state index contributed by atoms with van der Waals surface area (Å²) in [5.74, 6) is 0.276. The lowest BCUT2D eigenvalue weighted by molar-refractivity contribution is -0.116. The Morgan fingerprint density at radius 1 is 1.28 bits per heavy atom. The Morgan fingerprint density at radius 3 is 3.06 bits per heavy atom. The summed E-state index contributed by atoms with van der Waals surface area (Å²) in [7, 11) is 0. The lowest BCUT2D eigenvalue weighted by Crippen LogP contribution is -2.09. The van der Waals surface area contributed by atoms with Crippen molar-refractivity contribution in [1.29, 1.82) is 0 Å². The molecule has 2 N–H and O–H groups in total.